The average molecular weight is 344 g/mol. The van der Waals surface area contributed by atoms with Gasteiger partial charge in [-0.2, -0.15) is 4.31 Å². The predicted octanol–water partition coefficient (Wildman–Crippen LogP) is 3.15. The molecule has 2 aromatic rings. The Morgan fingerprint density at radius 3 is 2.42 bits per heavy atom. The summed E-state index contributed by atoms with van der Waals surface area (Å²) in [7, 11) is -3.49. The molecular formula is C19H24N2O2S. The van der Waals surface area contributed by atoms with Crippen molar-refractivity contribution in [3.05, 3.63) is 65.7 Å². The number of hydrogen-bond donors (Lipinski definition) is 1. The molecule has 128 valence electrons. The number of hydrogen-bond acceptors (Lipinski definition) is 3. The van der Waals surface area contributed by atoms with Crippen LogP contribution in [-0.4, -0.2) is 25.3 Å². The summed E-state index contributed by atoms with van der Waals surface area (Å²) in [6.45, 7) is 3.43. The number of rotatable bonds is 8. The quantitative estimate of drug-likeness (QED) is 0.800. The van der Waals surface area contributed by atoms with Gasteiger partial charge in [0.1, 0.15) is 0 Å². The van der Waals surface area contributed by atoms with Crippen molar-refractivity contribution in [1.82, 2.24) is 9.62 Å². The Morgan fingerprint density at radius 1 is 1.04 bits per heavy atom. The van der Waals surface area contributed by atoms with Crippen LogP contribution in [-0.2, 0) is 23.1 Å². The van der Waals surface area contributed by atoms with Crippen LogP contribution in [0.5, 0.6) is 0 Å². The van der Waals surface area contributed by atoms with Crippen molar-refractivity contribution in [3.63, 3.8) is 0 Å². The van der Waals surface area contributed by atoms with E-state index in [0.29, 0.717) is 24.0 Å². The van der Waals surface area contributed by atoms with Crippen LogP contribution in [0.25, 0.3) is 0 Å². The molecule has 5 heteroatoms. The van der Waals surface area contributed by atoms with Gasteiger partial charge in [-0.3, -0.25) is 0 Å². The van der Waals surface area contributed by atoms with E-state index in [1.807, 2.05) is 49.4 Å². The largest absolute Gasteiger partial charge is 0.310 e. The Bertz CT molecular complexity index is 771. The topological polar surface area (TPSA) is 49.4 Å². The number of benzene rings is 2. The van der Waals surface area contributed by atoms with Gasteiger partial charge in [-0.1, -0.05) is 49.4 Å². The minimum atomic E-state index is -3.49. The molecule has 0 aliphatic heterocycles. The fourth-order valence-corrected chi connectivity index (χ4v) is 4.18. The van der Waals surface area contributed by atoms with E-state index < -0.39 is 10.0 Å². The Morgan fingerprint density at radius 2 is 1.75 bits per heavy atom. The fourth-order valence-electron chi connectivity index (χ4n) is 2.67. The van der Waals surface area contributed by atoms with Crippen molar-refractivity contribution in [2.75, 3.05) is 6.54 Å². The zero-order valence-corrected chi connectivity index (χ0v) is 14.8. The van der Waals surface area contributed by atoms with Gasteiger partial charge in [-0.15, -0.1) is 0 Å². The van der Waals surface area contributed by atoms with E-state index in [4.69, 9.17) is 0 Å². The molecule has 0 heterocycles. The van der Waals surface area contributed by atoms with Crippen molar-refractivity contribution < 1.29 is 8.42 Å². The van der Waals surface area contributed by atoms with E-state index in [1.54, 1.807) is 12.1 Å². The maximum atomic E-state index is 13.0. The minimum absolute atomic E-state index is 0.371. The summed E-state index contributed by atoms with van der Waals surface area (Å²) in [6, 6.07) is 17.6. The van der Waals surface area contributed by atoms with Crippen molar-refractivity contribution in [3.8, 4) is 0 Å². The second-order valence-corrected chi connectivity index (χ2v) is 8.16. The summed E-state index contributed by atoms with van der Waals surface area (Å²) in [4.78, 5) is 0.371. The molecule has 0 unspecified atom stereocenters. The van der Waals surface area contributed by atoms with E-state index in [9.17, 15) is 8.42 Å². The summed E-state index contributed by atoms with van der Waals surface area (Å²) < 4.78 is 27.5. The monoisotopic (exact) mass is 344 g/mol. The van der Waals surface area contributed by atoms with Crippen molar-refractivity contribution >= 4 is 10.0 Å². The van der Waals surface area contributed by atoms with Crippen molar-refractivity contribution in [2.45, 2.75) is 43.8 Å². The van der Waals surface area contributed by atoms with Gasteiger partial charge < -0.3 is 5.32 Å². The smallest absolute Gasteiger partial charge is 0.243 e. The van der Waals surface area contributed by atoms with Gasteiger partial charge in [0.05, 0.1) is 4.90 Å². The average Bonchev–Trinajstić information content (AvgIpc) is 3.43. The summed E-state index contributed by atoms with van der Waals surface area (Å²) in [5.74, 6) is 0. The van der Waals surface area contributed by atoms with Crippen LogP contribution in [0.2, 0.25) is 0 Å². The van der Waals surface area contributed by atoms with E-state index in [1.165, 1.54) is 17.1 Å². The lowest BCUT2D eigenvalue weighted by atomic mass is 10.2. The molecule has 0 aromatic heterocycles. The summed E-state index contributed by atoms with van der Waals surface area (Å²) >= 11 is 0. The number of nitrogens with zero attached hydrogens (tertiary/aromatic N) is 1. The molecule has 4 nitrogen and oxygen atoms in total. The van der Waals surface area contributed by atoms with Gasteiger partial charge in [-0.25, -0.2) is 8.42 Å². The number of sulfonamides is 1. The Labute approximate surface area is 144 Å². The minimum Gasteiger partial charge on any atom is -0.310 e. The van der Waals surface area contributed by atoms with Gasteiger partial charge in [0.2, 0.25) is 10.0 Å². The Balaban J connectivity index is 1.78. The number of nitrogens with one attached hydrogen (secondary N) is 1. The van der Waals surface area contributed by atoms with Crippen LogP contribution in [0.4, 0.5) is 0 Å². The second kappa shape index (κ2) is 7.47. The van der Waals surface area contributed by atoms with E-state index in [2.05, 4.69) is 5.32 Å². The van der Waals surface area contributed by atoms with Gasteiger partial charge in [-0.05, 0) is 36.1 Å². The first-order valence-corrected chi connectivity index (χ1v) is 9.90. The highest BCUT2D eigenvalue weighted by Gasteiger charge is 2.24. The molecule has 0 atom stereocenters. The van der Waals surface area contributed by atoms with Crippen LogP contribution in [0.15, 0.2) is 59.5 Å². The Hall–Kier alpha value is -1.69. The maximum absolute atomic E-state index is 13.0. The van der Waals surface area contributed by atoms with Gasteiger partial charge in [0.25, 0.3) is 0 Å². The van der Waals surface area contributed by atoms with E-state index in [-0.39, 0.29) is 0 Å². The molecular weight excluding hydrogens is 320 g/mol. The molecule has 0 spiro atoms. The molecule has 1 aliphatic rings. The first-order valence-electron chi connectivity index (χ1n) is 8.46. The standard InChI is InChI=1S/C19H24N2O2S/c1-2-21(15-16-7-4-3-5-8-16)24(22,23)19-10-6-9-17(13-19)14-20-18-11-12-18/h3-10,13,18,20H,2,11-12,14-15H2,1H3. The zero-order chi connectivity index (χ0) is 17.0. The third-order valence-corrected chi connectivity index (χ3v) is 6.18. The third-order valence-electron chi connectivity index (χ3n) is 4.26. The lowest BCUT2D eigenvalue weighted by molar-refractivity contribution is 0.423. The first kappa shape index (κ1) is 17.1. The second-order valence-electron chi connectivity index (χ2n) is 6.22. The highest BCUT2D eigenvalue weighted by Crippen LogP contribution is 2.22. The normalized spacial score (nSPS) is 14.9. The van der Waals surface area contributed by atoms with E-state index >= 15 is 0 Å². The van der Waals surface area contributed by atoms with Crippen LogP contribution < -0.4 is 5.32 Å². The van der Waals surface area contributed by atoms with Crippen LogP contribution >= 0.6 is 0 Å². The zero-order valence-electron chi connectivity index (χ0n) is 14.0. The van der Waals surface area contributed by atoms with Gasteiger partial charge in [0.15, 0.2) is 0 Å². The fraction of sp³-hybridized carbons (Fsp3) is 0.368. The molecule has 1 aliphatic carbocycles. The lowest BCUT2D eigenvalue weighted by Gasteiger charge is -2.21. The lowest BCUT2D eigenvalue weighted by Crippen LogP contribution is -2.30. The van der Waals surface area contributed by atoms with Crippen molar-refractivity contribution in [2.24, 2.45) is 0 Å². The van der Waals surface area contributed by atoms with Gasteiger partial charge in [0, 0.05) is 25.7 Å². The molecule has 24 heavy (non-hydrogen) atoms. The molecule has 0 saturated heterocycles. The third kappa shape index (κ3) is 4.23. The Kier molecular flexibility index (Phi) is 5.33. The molecule has 1 saturated carbocycles. The molecule has 0 bridgehead atoms. The highest BCUT2D eigenvalue weighted by atomic mass is 32.2. The molecule has 2 aromatic carbocycles. The van der Waals surface area contributed by atoms with Gasteiger partial charge >= 0.3 is 0 Å². The SMILES string of the molecule is CCN(Cc1ccccc1)S(=O)(=O)c1cccc(CNC2CC2)c1. The van der Waals surface area contributed by atoms with Crippen molar-refractivity contribution in [1.29, 1.82) is 0 Å². The molecule has 0 radical (unpaired) electrons. The molecule has 0 amide bonds. The summed E-state index contributed by atoms with van der Waals surface area (Å²) in [5, 5.41) is 3.43. The van der Waals surface area contributed by atoms with Crippen LogP contribution in [0.1, 0.15) is 30.9 Å². The molecule has 1 fully saturated rings. The van der Waals surface area contributed by atoms with E-state index in [0.717, 1.165) is 17.7 Å². The summed E-state index contributed by atoms with van der Waals surface area (Å²) in [5.41, 5.74) is 2.01. The maximum Gasteiger partial charge on any atom is 0.243 e. The summed E-state index contributed by atoms with van der Waals surface area (Å²) in [6.07, 6.45) is 2.44. The first-order chi connectivity index (χ1) is 11.6. The highest BCUT2D eigenvalue weighted by molar-refractivity contribution is 7.89. The molecule has 1 N–H and O–H groups in total. The van der Waals surface area contributed by atoms with Crippen LogP contribution in [0.3, 0.4) is 0 Å². The van der Waals surface area contributed by atoms with Crippen LogP contribution in [0, 0.1) is 0 Å². The predicted molar refractivity (Wildman–Crippen MR) is 96.0 cm³/mol. The molecule has 3 rings (SSSR count).